The van der Waals surface area contributed by atoms with E-state index in [9.17, 15) is 4.79 Å². The fourth-order valence-electron chi connectivity index (χ4n) is 3.49. The number of fused-ring (bicyclic) bond motifs is 1. The number of nitrogens with zero attached hydrogens (tertiary/aromatic N) is 1. The van der Waals surface area contributed by atoms with E-state index in [1.54, 1.807) is 0 Å². The van der Waals surface area contributed by atoms with E-state index in [4.69, 9.17) is 4.74 Å². The third-order valence-corrected chi connectivity index (χ3v) is 4.65. The molecule has 0 bridgehead atoms. The molecule has 2 aliphatic rings. The first-order valence-corrected chi connectivity index (χ1v) is 7.62. The molecule has 0 aromatic heterocycles. The summed E-state index contributed by atoms with van der Waals surface area (Å²) in [5.74, 6) is 1.23. The number of carbonyl (C=O) groups is 1. The SMILES string of the molecule is C[C@H]1CN(C(=O)C2(C)CCCC2)Cc2ccccc2O1. The molecule has 3 heteroatoms. The zero-order chi connectivity index (χ0) is 14.2. The first-order chi connectivity index (χ1) is 9.58. The molecular formula is C17H23NO2. The Bertz CT molecular complexity index is 505. The van der Waals surface area contributed by atoms with Gasteiger partial charge in [0.2, 0.25) is 5.91 Å². The summed E-state index contributed by atoms with van der Waals surface area (Å²) in [4.78, 5) is 14.9. The van der Waals surface area contributed by atoms with Crippen molar-refractivity contribution in [1.29, 1.82) is 0 Å². The van der Waals surface area contributed by atoms with E-state index < -0.39 is 0 Å². The molecule has 0 radical (unpaired) electrons. The van der Waals surface area contributed by atoms with Gasteiger partial charge in [0.1, 0.15) is 11.9 Å². The van der Waals surface area contributed by atoms with E-state index >= 15 is 0 Å². The third kappa shape index (κ3) is 2.41. The highest BCUT2D eigenvalue weighted by atomic mass is 16.5. The quantitative estimate of drug-likeness (QED) is 0.785. The van der Waals surface area contributed by atoms with Gasteiger partial charge in [-0.1, -0.05) is 38.0 Å². The fourth-order valence-corrected chi connectivity index (χ4v) is 3.49. The predicted octanol–water partition coefficient (Wildman–Crippen LogP) is 3.38. The van der Waals surface area contributed by atoms with Gasteiger partial charge < -0.3 is 9.64 Å². The van der Waals surface area contributed by atoms with Gasteiger partial charge in [-0.3, -0.25) is 4.79 Å². The molecule has 1 aromatic rings. The van der Waals surface area contributed by atoms with Gasteiger partial charge >= 0.3 is 0 Å². The summed E-state index contributed by atoms with van der Waals surface area (Å²) in [5.41, 5.74) is 0.964. The third-order valence-electron chi connectivity index (χ3n) is 4.65. The molecule has 1 amide bonds. The van der Waals surface area contributed by atoms with Gasteiger partial charge in [0.05, 0.1) is 6.54 Å². The van der Waals surface area contributed by atoms with Gasteiger partial charge in [-0.05, 0) is 25.8 Å². The Labute approximate surface area is 120 Å². The van der Waals surface area contributed by atoms with E-state index in [0.717, 1.165) is 24.2 Å². The molecule has 1 aromatic carbocycles. The zero-order valence-corrected chi connectivity index (χ0v) is 12.4. The van der Waals surface area contributed by atoms with Gasteiger partial charge in [-0.2, -0.15) is 0 Å². The maximum Gasteiger partial charge on any atom is 0.228 e. The summed E-state index contributed by atoms with van der Waals surface area (Å²) in [5, 5.41) is 0. The highest BCUT2D eigenvalue weighted by Gasteiger charge is 2.40. The maximum absolute atomic E-state index is 12.9. The predicted molar refractivity (Wildman–Crippen MR) is 78.5 cm³/mol. The van der Waals surface area contributed by atoms with Crippen molar-refractivity contribution < 1.29 is 9.53 Å². The van der Waals surface area contributed by atoms with E-state index in [0.29, 0.717) is 19.0 Å². The van der Waals surface area contributed by atoms with Gasteiger partial charge in [-0.15, -0.1) is 0 Å². The first kappa shape index (κ1) is 13.5. The number of hydrogen-bond acceptors (Lipinski definition) is 2. The van der Waals surface area contributed by atoms with Crippen molar-refractivity contribution in [2.24, 2.45) is 5.41 Å². The highest BCUT2D eigenvalue weighted by molar-refractivity contribution is 5.82. The van der Waals surface area contributed by atoms with Gasteiger partial charge in [0, 0.05) is 17.5 Å². The van der Waals surface area contributed by atoms with Crippen LogP contribution in [0.5, 0.6) is 5.75 Å². The van der Waals surface area contributed by atoms with Crippen LogP contribution in [0.25, 0.3) is 0 Å². The lowest BCUT2D eigenvalue weighted by molar-refractivity contribution is -0.142. The van der Waals surface area contributed by atoms with Crippen molar-refractivity contribution in [1.82, 2.24) is 4.90 Å². The molecule has 0 saturated heterocycles. The maximum atomic E-state index is 12.9. The van der Waals surface area contributed by atoms with Crippen LogP contribution < -0.4 is 4.74 Å². The average Bonchev–Trinajstić information content (AvgIpc) is 2.79. The molecule has 3 nitrogen and oxygen atoms in total. The number of ether oxygens (including phenoxy) is 1. The number of benzene rings is 1. The number of hydrogen-bond donors (Lipinski definition) is 0. The Morgan fingerprint density at radius 3 is 2.75 bits per heavy atom. The van der Waals surface area contributed by atoms with E-state index in [-0.39, 0.29) is 11.5 Å². The molecule has 0 N–H and O–H groups in total. The topological polar surface area (TPSA) is 29.5 Å². The van der Waals surface area contributed by atoms with Crippen LogP contribution in [0.2, 0.25) is 0 Å². The molecular weight excluding hydrogens is 250 g/mol. The summed E-state index contributed by atoms with van der Waals surface area (Å²) >= 11 is 0. The van der Waals surface area contributed by atoms with Crippen LogP contribution in [-0.4, -0.2) is 23.5 Å². The summed E-state index contributed by atoms with van der Waals surface area (Å²) in [7, 11) is 0. The van der Waals surface area contributed by atoms with Gasteiger partial charge in [0.25, 0.3) is 0 Å². The second kappa shape index (κ2) is 5.12. The fraction of sp³-hybridized carbons (Fsp3) is 0.588. The Morgan fingerprint density at radius 1 is 1.30 bits per heavy atom. The van der Waals surface area contributed by atoms with Crippen molar-refractivity contribution >= 4 is 5.91 Å². The Morgan fingerprint density at radius 2 is 2.00 bits per heavy atom. The van der Waals surface area contributed by atoms with Crippen LogP contribution >= 0.6 is 0 Å². The van der Waals surface area contributed by atoms with Crippen LogP contribution in [0.1, 0.15) is 45.1 Å². The normalized spacial score (nSPS) is 24.7. The summed E-state index contributed by atoms with van der Waals surface area (Å²) < 4.78 is 5.94. The first-order valence-electron chi connectivity index (χ1n) is 7.62. The molecule has 0 spiro atoms. The van der Waals surface area contributed by atoms with E-state index in [1.165, 1.54) is 12.8 Å². The minimum absolute atomic E-state index is 0.0487. The second-order valence-corrected chi connectivity index (χ2v) is 6.49. The Balaban J connectivity index is 1.85. The summed E-state index contributed by atoms with van der Waals surface area (Å²) in [6, 6.07) is 8.06. The van der Waals surface area contributed by atoms with Crippen LogP contribution in [0, 0.1) is 5.41 Å². The van der Waals surface area contributed by atoms with E-state index in [2.05, 4.69) is 13.0 Å². The molecule has 1 aliphatic heterocycles. The molecule has 0 unspecified atom stereocenters. The van der Waals surface area contributed by atoms with Crippen LogP contribution in [0.15, 0.2) is 24.3 Å². The molecule has 1 heterocycles. The van der Waals surface area contributed by atoms with Gasteiger partial charge in [-0.25, -0.2) is 0 Å². The molecule has 20 heavy (non-hydrogen) atoms. The van der Waals surface area contributed by atoms with Crippen molar-refractivity contribution in [3.8, 4) is 5.75 Å². The monoisotopic (exact) mass is 273 g/mol. The molecule has 1 saturated carbocycles. The average molecular weight is 273 g/mol. The number of carbonyl (C=O) groups excluding carboxylic acids is 1. The standard InChI is InChI=1S/C17H23NO2/c1-13-11-18(16(19)17(2)9-5-6-10-17)12-14-7-3-4-8-15(14)20-13/h3-4,7-8,13H,5-6,9-12H2,1-2H3/t13-/m0/s1. The van der Waals surface area contributed by atoms with Crippen molar-refractivity contribution in [2.45, 2.75) is 52.2 Å². The van der Waals surface area contributed by atoms with Crippen LogP contribution in [-0.2, 0) is 11.3 Å². The molecule has 3 rings (SSSR count). The Kier molecular flexibility index (Phi) is 3.45. The van der Waals surface area contributed by atoms with Crippen LogP contribution in [0.4, 0.5) is 0 Å². The molecule has 108 valence electrons. The molecule has 1 fully saturated rings. The van der Waals surface area contributed by atoms with Crippen molar-refractivity contribution in [3.05, 3.63) is 29.8 Å². The lowest BCUT2D eigenvalue weighted by atomic mass is 9.87. The highest BCUT2D eigenvalue weighted by Crippen LogP contribution is 2.40. The summed E-state index contributed by atoms with van der Waals surface area (Å²) in [6.45, 7) is 5.53. The molecule has 1 atom stereocenters. The molecule has 1 aliphatic carbocycles. The number of rotatable bonds is 1. The zero-order valence-electron chi connectivity index (χ0n) is 12.4. The van der Waals surface area contributed by atoms with Gasteiger partial charge in [0.15, 0.2) is 0 Å². The van der Waals surface area contributed by atoms with E-state index in [1.807, 2.05) is 30.0 Å². The smallest absolute Gasteiger partial charge is 0.228 e. The van der Waals surface area contributed by atoms with Crippen molar-refractivity contribution in [2.75, 3.05) is 6.54 Å². The number of para-hydroxylation sites is 1. The number of amides is 1. The van der Waals surface area contributed by atoms with Crippen molar-refractivity contribution in [3.63, 3.8) is 0 Å². The minimum Gasteiger partial charge on any atom is -0.489 e. The lowest BCUT2D eigenvalue weighted by Gasteiger charge is -2.31. The largest absolute Gasteiger partial charge is 0.489 e. The lowest BCUT2D eigenvalue weighted by Crippen LogP contribution is -2.43. The Hall–Kier alpha value is -1.51. The summed E-state index contributed by atoms with van der Waals surface area (Å²) in [6.07, 6.45) is 4.46. The minimum atomic E-state index is -0.154. The second-order valence-electron chi connectivity index (χ2n) is 6.49. The van der Waals surface area contributed by atoms with Crippen LogP contribution in [0.3, 0.4) is 0 Å².